The summed E-state index contributed by atoms with van der Waals surface area (Å²) in [6, 6.07) is 0. The predicted octanol–water partition coefficient (Wildman–Crippen LogP) is 1.58. The molecule has 1 unspecified atom stereocenters. The zero-order valence-electron chi connectivity index (χ0n) is 9.43. The zero-order valence-corrected chi connectivity index (χ0v) is 9.43. The number of ether oxygens (including phenoxy) is 1. The van der Waals surface area contributed by atoms with E-state index in [4.69, 9.17) is 4.74 Å². The van der Waals surface area contributed by atoms with Crippen LogP contribution in [-0.4, -0.2) is 25.7 Å². The third-order valence-corrected chi connectivity index (χ3v) is 3.07. The third kappa shape index (κ3) is 2.98. The van der Waals surface area contributed by atoms with Gasteiger partial charge in [-0.1, -0.05) is 13.8 Å². The summed E-state index contributed by atoms with van der Waals surface area (Å²) in [7, 11) is 0. The van der Waals surface area contributed by atoms with Crippen molar-refractivity contribution in [3.63, 3.8) is 0 Å². The van der Waals surface area contributed by atoms with Crippen LogP contribution >= 0.6 is 0 Å². The number of nitrogens with one attached hydrogen (secondary N) is 1. The summed E-state index contributed by atoms with van der Waals surface area (Å²) in [4.78, 5) is 11.4. The maximum absolute atomic E-state index is 11.4. The lowest BCUT2D eigenvalue weighted by molar-refractivity contribution is -0.145. The van der Waals surface area contributed by atoms with Crippen LogP contribution in [0.25, 0.3) is 0 Å². The van der Waals surface area contributed by atoms with Crippen LogP contribution in [0.4, 0.5) is 0 Å². The van der Waals surface area contributed by atoms with Crippen LogP contribution in [0.15, 0.2) is 0 Å². The van der Waals surface area contributed by atoms with E-state index in [1.54, 1.807) is 0 Å². The van der Waals surface area contributed by atoms with Gasteiger partial charge in [0.25, 0.3) is 0 Å². The van der Waals surface area contributed by atoms with Crippen molar-refractivity contribution in [3.05, 3.63) is 0 Å². The van der Waals surface area contributed by atoms with E-state index in [-0.39, 0.29) is 11.4 Å². The van der Waals surface area contributed by atoms with Crippen LogP contribution < -0.4 is 5.32 Å². The molecule has 3 nitrogen and oxygen atoms in total. The van der Waals surface area contributed by atoms with Crippen LogP contribution in [0.3, 0.4) is 0 Å². The molecule has 1 atom stereocenters. The van der Waals surface area contributed by atoms with Gasteiger partial charge in [-0.2, -0.15) is 0 Å². The molecule has 0 amide bonds. The van der Waals surface area contributed by atoms with Crippen LogP contribution in [-0.2, 0) is 9.53 Å². The van der Waals surface area contributed by atoms with Crippen LogP contribution in [0.5, 0.6) is 0 Å². The molecule has 82 valence electrons. The summed E-state index contributed by atoms with van der Waals surface area (Å²) in [5.41, 5.74) is 0.213. The molecule has 0 radical (unpaired) electrons. The highest BCUT2D eigenvalue weighted by Crippen LogP contribution is 2.34. The second kappa shape index (κ2) is 4.78. The van der Waals surface area contributed by atoms with Crippen molar-refractivity contribution in [2.45, 2.75) is 33.6 Å². The Morgan fingerprint density at radius 3 is 2.86 bits per heavy atom. The maximum atomic E-state index is 11.4. The molecule has 1 aliphatic rings. The van der Waals surface area contributed by atoms with Gasteiger partial charge in [0.15, 0.2) is 0 Å². The van der Waals surface area contributed by atoms with Crippen molar-refractivity contribution < 1.29 is 9.53 Å². The summed E-state index contributed by atoms with van der Waals surface area (Å²) in [5.74, 6) is 0.412. The number of carbonyl (C=O) groups is 1. The number of hydrogen-bond donors (Lipinski definition) is 1. The van der Waals surface area contributed by atoms with Gasteiger partial charge < -0.3 is 10.1 Å². The summed E-state index contributed by atoms with van der Waals surface area (Å²) in [6.07, 6.45) is 1.65. The predicted molar refractivity (Wildman–Crippen MR) is 56.0 cm³/mol. The molecule has 0 bridgehead atoms. The molecule has 0 aromatic carbocycles. The van der Waals surface area contributed by atoms with Gasteiger partial charge in [0.2, 0.25) is 0 Å². The molecule has 1 heterocycles. The quantitative estimate of drug-likeness (QED) is 0.701. The fourth-order valence-electron chi connectivity index (χ4n) is 2.02. The van der Waals surface area contributed by atoms with Gasteiger partial charge in [-0.25, -0.2) is 0 Å². The first-order chi connectivity index (χ1) is 6.56. The first kappa shape index (κ1) is 11.5. The molecular formula is C11H21NO2. The van der Waals surface area contributed by atoms with Crippen molar-refractivity contribution >= 4 is 5.97 Å². The molecule has 0 aromatic rings. The molecule has 1 aliphatic heterocycles. The lowest BCUT2D eigenvalue weighted by Gasteiger charge is -2.38. The first-order valence-electron chi connectivity index (χ1n) is 5.42. The Balaban J connectivity index is 2.45. The number of rotatable bonds is 3. The fourth-order valence-corrected chi connectivity index (χ4v) is 2.02. The molecule has 3 heteroatoms. The molecule has 0 aromatic heterocycles. The monoisotopic (exact) mass is 199 g/mol. The minimum Gasteiger partial charge on any atom is -0.466 e. The minimum atomic E-state index is -0.0486. The highest BCUT2D eigenvalue weighted by atomic mass is 16.5. The van der Waals surface area contributed by atoms with E-state index in [2.05, 4.69) is 19.2 Å². The highest BCUT2D eigenvalue weighted by molar-refractivity contribution is 5.69. The Morgan fingerprint density at radius 2 is 2.29 bits per heavy atom. The first-order valence-corrected chi connectivity index (χ1v) is 5.42. The fraction of sp³-hybridized carbons (Fsp3) is 0.909. The standard InChI is InChI=1S/C11H21NO2/c1-4-14-10(13)7-9-5-6-12-8-11(9,2)3/h9,12H,4-8H2,1-3H3. The second-order valence-electron chi connectivity index (χ2n) is 4.66. The summed E-state index contributed by atoms with van der Waals surface area (Å²) >= 11 is 0. The molecular weight excluding hydrogens is 178 g/mol. The van der Waals surface area contributed by atoms with E-state index in [1.807, 2.05) is 6.92 Å². The van der Waals surface area contributed by atoms with E-state index in [0.717, 1.165) is 19.5 Å². The topological polar surface area (TPSA) is 38.3 Å². The van der Waals surface area contributed by atoms with Crippen LogP contribution in [0.2, 0.25) is 0 Å². The zero-order chi connectivity index (χ0) is 10.6. The average molecular weight is 199 g/mol. The van der Waals surface area contributed by atoms with Crippen LogP contribution in [0, 0.1) is 11.3 Å². The number of carbonyl (C=O) groups excluding carboxylic acids is 1. The summed E-state index contributed by atoms with van der Waals surface area (Å²) in [6.45, 7) is 8.78. The van der Waals surface area contributed by atoms with E-state index in [1.165, 1.54) is 0 Å². The van der Waals surface area contributed by atoms with Gasteiger partial charge >= 0.3 is 5.97 Å². The van der Waals surface area contributed by atoms with Crippen molar-refractivity contribution in [3.8, 4) is 0 Å². The smallest absolute Gasteiger partial charge is 0.306 e. The molecule has 0 saturated carbocycles. The number of esters is 1. The molecule has 0 aliphatic carbocycles. The highest BCUT2D eigenvalue weighted by Gasteiger charge is 2.33. The van der Waals surface area contributed by atoms with E-state index < -0.39 is 0 Å². The molecule has 1 saturated heterocycles. The van der Waals surface area contributed by atoms with E-state index in [0.29, 0.717) is 18.9 Å². The Morgan fingerprint density at radius 1 is 1.57 bits per heavy atom. The second-order valence-corrected chi connectivity index (χ2v) is 4.66. The summed E-state index contributed by atoms with van der Waals surface area (Å²) < 4.78 is 4.98. The Kier molecular flexibility index (Phi) is 3.93. The largest absolute Gasteiger partial charge is 0.466 e. The lowest BCUT2D eigenvalue weighted by Crippen LogP contribution is -2.43. The van der Waals surface area contributed by atoms with Gasteiger partial charge in [-0.15, -0.1) is 0 Å². The lowest BCUT2D eigenvalue weighted by atomic mass is 9.73. The van der Waals surface area contributed by atoms with Gasteiger partial charge in [0.05, 0.1) is 6.61 Å². The Labute approximate surface area is 86.2 Å². The van der Waals surface area contributed by atoms with E-state index >= 15 is 0 Å². The van der Waals surface area contributed by atoms with Crippen molar-refractivity contribution in [2.24, 2.45) is 11.3 Å². The normalized spacial score (nSPS) is 25.8. The molecule has 0 spiro atoms. The molecule has 1 N–H and O–H groups in total. The van der Waals surface area contributed by atoms with Crippen molar-refractivity contribution in [1.82, 2.24) is 5.32 Å². The SMILES string of the molecule is CCOC(=O)CC1CCNCC1(C)C. The molecule has 1 rings (SSSR count). The van der Waals surface area contributed by atoms with Crippen molar-refractivity contribution in [1.29, 1.82) is 0 Å². The Bertz CT molecular complexity index is 201. The van der Waals surface area contributed by atoms with E-state index in [9.17, 15) is 4.79 Å². The number of hydrogen-bond acceptors (Lipinski definition) is 3. The maximum Gasteiger partial charge on any atom is 0.306 e. The van der Waals surface area contributed by atoms with Gasteiger partial charge in [0.1, 0.15) is 0 Å². The molecule has 1 fully saturated rings. The van der Waals surface area contributed by atoms with Gasteiger partial charge in [-0.3, -0.25) is 4.79 Å². The molecule has 14 heavy (non-hydrogen) atoms. The van der Waals surface area contributed by atoms with Gasteiger partial charge in [-0.05, 0) is 31.2 Å². The van der Waals surface area contributed by atoms with Gasteiger partial charge in [0, 0.05) is 13.0 Å². The third-order valence-electron chi connectivity index (χ3n) is 3.07. The van der Waals surface area contributed by atoms with Crippen LogP contribution in [0.1, 0.15) is 33.6 Å². The van der Waals surface area contributed by atoms with Crippen molar-refractivity contribution in [2.75, 3.05) is 19.7 Å². The summed E-state index contributed by atoms with van der Waals surface area (Å²) in [5, 5.41) is 3.36. The Hall–Kier alpha value is -0.570. The average Bonchev–Trinajstić information content (AvgIpc) is 2.09. The minimum absolute atomic E-state index is 0.0486. The number of piperidine rings is 1.